The average molecular weight is 675 g/mol. The highest BCUT2D eigenvalue weighted by Crippen LogP contribution is 2.36. The van der Waals surface area contributed by atoms with Crippen LogP contribution in [0.3, 0.4) is 0 Å². The van der Waals surface area contributed by atoms with Gasteiger partial charge in [-0.1, -0.05) is 38.5 Å². The van der Waals surface area contributed by atoms with Gasteiger partial charge in [0.25, 0.3) is 0 Å². The minimum Gasteiger partial charge on any atom is -1.00 e. The molecule has 4 rings (SSSR count). The van der Waals surface area contributed by atoms with Gasteiger partial charge in [-0.15, -0.1) is 0 Å². The highest BCUT2D eigenvalue weighted by Gasteiger charge is 2.23. The fraction of sp³-hybridized carbons (Fsp3) is 0.297. The molecule has 0 atom stereocenters. The molecular formula is C37H43IN2O2. The first-order valence-corrected chi connectivity index (χ1v) is 14.6. The summed E-state index contributed by atoms with van der Waals surface area (Å²) in [5.41, 5.74) is 6.52. The number of anilines is 3. The van der Waals surface area contributed by atoms with Crippen molar-refractivity contribution >= 4 is 22.7 Å². The van der Waals surface area contributed by atoms with E-state index in [1.165, 1.54) is 44.5 Å². The lowest BCUT2D eigenvalue weighted by Gasteiger charge is -2.34. The van der Waals surface area contributed by atoms with Crippen molar-refractivity contribution in [2.75, 3.05) is 39.3 Å². The van der Waals surface area contributed by atoms with Crippen molar-refractivity contribution in [1.29, 1.82) is 0 Å². The summed E-state index contributed by atoms with van der Waals surface area (Å²) in [6.07, 6.45) is 4.93. The van der Waals surface area contributed by atoms with E-state index in [0.29, 0.717) is 0 Å². The van der Waals surface area contributed by atoms with Crippen molar-refractivity contribution in [3.05, 3.63) is 108 Å². The minimum atomic E-state index is 0. The van der Waals surface area contributed by atoms with Gasteiger partial charge in [0, 0.05) is 40.3 Å². The second-order valence-corrected chi connectivity index (χ2v) is 10.6. The lowest BCUT2D eigenvalue weighted by Crippen LogP contribution is -3.00. The second-order valence-electron chi connectivity index (χ2n) is 10.6. The van der Waals surface area contributed by atoms with Crippen LogP contribution in [0, 0.1) is 11.8 Å². The van der Waals surface area contributed by atoms with E-state index in [2.05, 4.69) is 110 Å². The van der Waals surface area contributed by atoms with Crippen LogP contribution >= 0.6 is 0 Å². The minimum absolute atomic E-state index is 0. The fourth-order valence-electron chi connectivity index (χ4n) is 5.04. The summed E-state index contributed by atoms with van der Waals surface area (Å²) in [7, 11) is 5.73. The molecule has 0 heterocycles. The van der Waals surface area contributed by atoms with E-state index in [9.17, 15) is 0 Å². The molecule has 0 radical (unpaired) electrons. The summed E-state index contributed by atoms with van der Waals surface area (Å²) in [6.45, 7) is 6.89. The van der Waals surface area contributed by atoms with Gasteiger partial charge >= 0.3 is 0 Å². The van der Waals surface area contributed by atoms with Gasteiger partial charge in [0.15, 0.2) is 0 Å². The summed E-state index contributed by atoms with van der Waals surface area (Å²) in [5, 5.41) is 0. The number of halogens is 1. The molecule has 0 aliphatic heterocycles. The van der Waals surface area contributed by atoms with E-state index in [4.69, 9.17) is 9.47 Å². The molecule has 0 aliphatic carbocycles. The van der Waals surface area contributed by atoms with Gasteiger partial charge in [-0.3, -0.25) is 4.48 Å². The molecule has 0 saturated carbocycles. The van der Waals surface area contributed by atoms with E-state index in [1.807, 2.05) is 24.3 Å². The molecule has 0 spiro atoms. The lowest BCUT2D eigenvalue weighted by atomic mass is 10.1. The van der Waals surface area contributed by atoms with E-state index < -0.39 is 0 Å². The third kappa shape index (κ3) is 8.53. The molecule has 5 heteroatoms. The largest absolute Gasteiger partial charge is 1.00 e. The molecule has 220 valence electrons. The third-order valence-corrected chi connectivity index (χ3v) is 7.64. The zero-order valence-electron chi connectivity index (χ0n) is 25.6. The Bertz CT molecular complexity index is 1370. The molecule has 0 unspecified atom stereocenters. The second kappa shape index (κ2) is 16.2. The summed E-state index contributed by atoms with van der Waals surface area (Å²) >= 11 is 0. The quantitative estimate of drug-likeness (QED) is 0.103. The van der Waals surface area contributed by atoms with Gasteiger partial charge in [-0.2, -0.15) is 0 Å². The van der Waals surface area contributed by atoms with Crippen LogP contribution in [-0.4, -0.2) is 34.4 Å². The van der Waals surface area contributed by atoms with Gasteiger partial charge in [0.1, 0.15) is 17.2 Å². The van der Waals surface area contributed by atoms with Crippen molar-refractivity contribution in [3.8, 4) is 23.3 Å². The zero-order chi connectivity index (χ0) is 29.1. The Kier molecular flexibility index (Phi) is 12.8. The molecule has 0 aliphatic rings. The smallest absolute Gasteiger partial charge is 0.132 e. The van der Waals surface area contributed by atoms with Crippen LogP contribution in [0.1, 0.15) is 50.7 Å². The highest BCUT2D eigenvalue weighted by molar-refractivity contribution is 5.77. The number of unbranched alkanes of at least 4 members (excludes halogenated alkanes) is 2. The molecular weight excluding hydrogens is 631 g/mol. The first-order chi connectivity index (χ1) is 20.0. The molecule has 4 nitrogen and oxygen atoms in total. The third-order valence-electron chi connectivity index (χ3n) is 7.64. The summed E-state index contributed by atoms with van der Waals surface area (Å²) in [6, 6.07) is 33.4. The number of rotatable bonds is 12. The van der Waals surface area contributed by atoms with E-state index >= 15 is 0 Å². The van der Waals surface area contributed by atoms with E-state index in [-0.39, 0.29) is 24.0 Å². The topological polar surface area (TPSA) is 21.7 Å². The zero-order valence-corrected chi connectivity index (χ0v) is 27.7. The Morgan fingerprint density at radius 3 is 1.29 bits per heavy atom. The molecule has 0 fully saturated rings. The predicted octanol–water partition coefficient (Wildman–Crippen LogP) is 6.11. The van der Waals surface area contributed by atoms with Crippen LogP contribution in [-0.2, 0) is 0 Å². The van der Waals surface area contributed by atoms with E-state index in [1.54, 1.807) is 14.2 Å². The van der Waals surface area contributed by atoms with Crippen LogP contribution in [0.25, 0.3) is 0 Å². The number of ether oxygens (including phenoxy) is 2. The number of benzene rings is 4. The Balaban J connectivity index is 0.00000484. The average Bonchev–Trinajstić information content (AvgIpc) is 3.03. The number of methoxy groups -OCH3 is 2. The van der Waals surface area contributed by atoms with Crippen molar-refractivity contribution < 1.29 is 33.5 Å². The molecule has 4 aromatic rings. The van der Waals surface area contributed by atoms with Crippen LogP contribution < -0.4 is 42.8 Å². The molecule has 0 bridgehead atoms. The SMILES string of the molecule is CCCC[N+](C)(CCCC)c1ccc(C#Cc2ccc(N(c3ccc(OC)cc3)c3ccc(OC)cc3)cc2)cc1.[I-]. The van der Waals surface area contributed by atoms with Gasteiger partial charge in [-0.25, -0.2) is 0 Å². The molecule has 0 saturated heterocycles. The fourth-order valence-corrected chi connectivity index (χ4v) is 5.04. The molecule has 0 aromatic heterocycles. The highest BCUT2D eigenvalue weighted by atomic mass is 127. The van der Waals surface area contributed by atoms with Crippen LogP contribution in [0.4, 0.5) is 22.7 Å². The van der Waals surface area contributed by atoms with Crippen LogP contribution in [0.15, 0.2) is 97.1 Å². The summed E-state index contributed by atoms with van der Waals surface area (Å²) < 4.78 is 11.7. The van der Waals surface area contributed by atoms with Crippen molar-refractivity contribution in [3.63, 3.8) is 0 Å². The van der Waals surface area contributed by atoms with Crippen molar-refractivity contribution in [2.24, 2.45) is 0 Å². The van der Waals surface area contributed by atoms with Gasteiger partial charge in [0.05, 0.1) is 34.4 Å². The standard InChI is InChI=1S/C37H43N2O2.HI/c1-6-8-28-39(3,29-9-7-2)35-22-14-31(15-23-35)11-10-30-12-16-32(17-13-30)38(33-18-24-36(40-4)25-19-33)34-20-26-37(41-5)27-21-34;/h12-27H,6-9,28-29H2,1-5H3;1H/q+1;/p-1. The Hall–Kier alpha value is -3.47. The van der Waals surface area contributed by atoms with Crippen molar-refractivity contribution in [2.45, 2.75) is 39.5 Å². The maximum atomic E-state index is 5.37. The van der Waals surface area contributed by atoms with Gasteiger partial charge in [-0.05, 0) is 97.8 Å². The summed E-state index contributed by atoms with van der Waals surface area (Å²) in [4.78, 5) is 2.21. The predicted molar refractivity (Wildman–Crippen MR) is 174 cm³/mol. The molecule has 42 heavy (non-hydrogen) atoms. The maximum Gasteiger partial charge on any atom is 0.132 e. The van der Waals surface area contributed by atoms with Crippen molar-refractivity contribution in [1.82, 2.24) is 4.48 Å². The Morgan fingerprint density at radius 2 is 0.929 bits per heavy atom. The Labute approximate surface area is 269 Å². The molecule has 0 amide bonds. The van der Waals surface area contributed by atoms with Crippen LogP contribution in [0.5, 0.6) is 11.5 Å². The number of hydrogen-bond acceptors (Lipinski definition) is 3. The van der Waals surface area contributed by atoms with Gasteiger partial charge in [0.2, 0.25) is 0 Å². The number of hydrogen-bond donors (Lipinski definition) is 0. The first-order valence-electron chi connectivity index (χ1n) is 14.6. The Morgan fingerprint density at radius 1 is 0.571 bits per heavy atom. The summed E-state index contributed by atoms with van der Waals surface area (Å²) in [5.74, 6) is 8.37. The number of nitrogens with zero attached hydrogens (tertiary/aromatic N) is 2. The number of quaternary nitrogens is 1. The molecule has 4 aromatic carbocycles. The lowest BCUT2D eigenvalue weighted by molar-refractivity contribution is -0.00000898. The van der Waals surface area contributed by atoms with Gasteiger partial charge < -0.3 is 38.4 Å². The normalized spacial score (nSPS) is 10.7. The van der Waals surface area contributed by atoms with E-state index in [0.717, 1.165) is 44.2 Å². The monoisotopic (exact) mass is 674 g/mol. The maximum absolute atomic E-state index is 5.37. The first kappa shape index (κ1) is 33.0. The molecule has 0 N–H and O–H groups in total. The van der Waals surface area contributed by atoms with Crippen LogP contribution in [0.2, 0.25) is 0 Å².